The third-order valence-corrected chi connectivity index (χ3v) is 3.90. The quantitative estimate of drug-likeness (QED) is 0.805. The van der Waals surface area contributed by atoms with Crippen LogP contribution in [0.3, 0.4) is 0 Å². The van der Waals surface area contributed by atoms with E-state index in [1.807, 2.05) is 6.92 Å². The second kappa shape index (κ2) is 8.69. The van der Waals surface area contributed by atoms with Crippen LogP contribution in [-0.4, -0.2) is 34.8 Å². The minimum Gasteiger partial charge on any atom is -0.329 e. The summed E-state index contributed by atoms with van der Waals surface area (Å²) in [6, 6.07) is 7.42. The highest BCUT2D eigenvalue weighted by Gasteiger charge is 2.19. The smallest absolute Gasteiger partial charge is 0.255 e. The van der Waals surface area contributed by atoms with Crippen LogP contribution in [-0.2, 0) is 4.79 Å². The van der Waals surface area contributed by atoms with Gasteiger partial charge in [0.1, 0.15) is 6.54 Å². The van der Waals surface area contributed by atoms with Gasteiger partial charge in [-0.1, -0.05) is 30.1 Å². The average molecular weight is 382 g/mol. The number of rotatable bonds is 6. The van der Waals surface area contributed by atoms with E-state index in [9.17, 15) is 14.4 Å². The van der Waals surface area contributed by atoms with Gasteiger partial charge in [-0.25, -0.2) is 0 Å². The summed E-state index contributed by atoms with van der Waals surface area (Å²) >= 11 is 11.9. The fourth-order valence-corrected chi connectivity index (χ4v) is 2.66. The molecule has 0 atom stereocenters. The maximum Gasteiger partial charge on any atom is 0.255 e. The van der Waals surface area contributed by atoms with Gasteiger partial charge in [-0.2, -0.15) is 0 Å². The summed E-state index contributed by atoms with van der Waals surface area (Å²) in [5, 5.41) is 3.44. The molecule has 25 heavy (non-hydrogen) atoms. The number of hydrogen-bond donors (Lipinski definition) is 2. The topological polar surface area (TPSA) is 82.3 Å². The molecule has 0 unspecified atom stereocenters. The number of halogens is 2. The number of benzene rings is 1. The number of carbonyl (C=O) groups is 2. The van der Waals surface area contributed by atoms with E-state index in [0.29, 0.717) is 34.3 Å². The maximum atomic E-state index is 12.5. The van der Waals surface area contributed by atoms with Crippen molar-refractivity contribution in [2.24, 2.45) is 0 Å². The Labute approximate surface area is 154 Å². The maximum absolute atomic E-state index is 12.5. The van der Waals surface area contributed by atoms with Gasteiger partial charge in [0.2, 0.25) is 11.5 Å². The van der Waals surface area contributed by atoms with E-state index in [1.54, 1.807) is 12.1 Å². The molecule has 2 aromatic rings. The molecule has 0 fully saturated rings. The lowest BCUT2D eigenvalue weighted by Crippen LogP contribution is -2.38. The second-order valence-corrected chi connectivity index (χ2v) is 6.18. The van der Waals surface area contributed by atoms with Gasteiger partial charge in [0.25, 0.3) is 5.91 Å². The number of amides is 2. The zero-order chi connectivity index (χ0) is 18.4. The van der Waals surface area contributed by atoms with Crippen LogP contribution in [0, 0.1) is 0 Å². The fraction of sp³-hybridized carbons (Fsp3) is 0.235. The molecule has 132 valence electrons. The Morgan fingerprint density at radius 2 is 1.96 bits per heavy atom. The minimum absolute atomic E-state index is 0.134. The Bertz CT molecular complexity index is 816. The normalized spacial score (nSPS) is 10.4. The first kappa shape index (κ1) is 19.0. The second-order valence-electron chi connectivity index (χ2n) is 5.34. The van der Waals surface area contributed by atoms with Crippen LogP contribution in [0.5, 0.6) is 0 Å². The van der Waals surface area contributed by atoms with Crippen molar-refractivity contribution in [1.29, 1.82) is 0 Å². The molecule has 8 heteroatoms. The number of hydrogen-bond acceptors (Lipinski definition) is 3. The van der Waals surface area contributed by atoms with Gasteiger partial charge in [-0.3, -0.25) is 14.4 Å². The average Bonchev–Trinajstić information content (AvgIpc) is 2.57. The molecule has 6 nitrogen and oxygen atoms in total. The van der Waals surface area contributed by atoms with Crippen LogP contribution in [0.1, 0.15) is 23.7 Å². The number of H-pyrrole nitrogens is 1. The number of anilines is 1. The first-order valence-electron chi connectivity index (χ1n) is 7.63. The highest BCUT2D eigenvalue weighted by atomic mass is 35.5. The number of pyridine rings is 1. The molecule has 2 rings (SSSR count). The van der Waals surface area contributed by atoms with E-state index in [4.69, 9.17) is 23.2 Å². The molecule has 0 aliphatic heterocycles. The van der Waals surface area contributed by atoms with Gasteiger partial charge in [0, 0.05) is 23.8 Å². The molecule has 0 aliphatic carbocycles. The summed E-state index contributed by atoms with van der Waals surface area (Å²) in [5.41, 5.74) is 0.433. The predicted octanol–water partition coefficient (Wildman–Crippen LogP) is 3.17. The van der Waals surface area contributed by atoms with Crippen LogP contribution < -0.4 is 10.9 Å². The molecule has 0 saturated carbocycles. The van der Waals surface area contributed by atoms with Crippen molar-refractivity contribution in [2.75, 3.05) is 18.4 Å². The summed E-state index contributed by atoms with van der Waals surface area (Å²) in [6.07, 6.45) is 2.02. The van der Waals surface area contributed by atoms with Crippen LogP contribution in [0.4, 0.5) is 5.69 Å². The van der Waals surface area contributed by atoms with E-state index in [2.05, 4.69) is 10.3 Å². The third kappa shape index (κ3) is 5.34. The van der Waals surface area contributed by atoms with Gasteiger partial charge in [0.15, 0.2) is 0 Å². The summed E-state index contributed by atoms with van der Waals surface area (Å²) in [7, 11) is 0. The monoisotopic (exact) mass is 381 g/mol. The van der Waals surface area contributed by atoms with Crippen molar-refractivity contribution in [3.63, 3.8) is 0 Å². The number of aromatic nitrogens is 1. The Morgan fingerprint density at radius 3 is 2.56 bits per heavy atom. The molecule has 2 N–H and O–H groups in total. The van der Waals surface area contributed by atoms with Crippen molar-refractivity contribution in [2.45, 2.75) is 13.3 Å². The van der Waals surface area contributed by atoms with Crippen molar-refractivity contribution in [1.82, 2.24) is 9.88 Å². The summed E-state index contributed by atoms with van der Waals surface area (Å²) in [4.78, 5) is 39.8. The standard InChI is InChI=1S/C17H17Cl2N3O3/c1-2-7-22(17(25)11-3-6-15(23)20-9-11)10-16(24)21-14-5-4-12(18)8-13(14)19/h3-6,8-9H,2,7,10H2,1H3,(H,20,23)(H,21,24). The number of carbonyl (C=O) groups excluding carboxylic acids is 2. The van der Waals surface area contributed by atoms with Gasteiger partial charge in [0.05, 0.1) is 16.3 Å². The van der Waals surface area contributed by atoms with Crippen molar-refractivity contribution < 1.29 is 9.59 Å². The molecular weight excluding hydrogens is 365 g/mol. The van der Waals surface area contributed by atoms with Gasteiger partial charge in [-0.05, 0) is 30.7 Å². The number of nitrogens with zero attached hydrogens (tertiary/aromatic N) is 1. The number of nitrogens with one attached hydrogen (secondary N) is 2. The predicted molar refractivity (Wildman–Crippen MR) is 98.3 cm³/mol. The van der Waals surface area contributed by atoms with E-state index < -0.39 is 0 Å². The molecule has 1 aromatic heterocycles. The molecular formula is C17H17Cl2N3O3. The van der Waals surface area contributed by atoms with Gasteiger partial charge < -0.3 is 15.2 Å². The molecule has 0 aliphatic rings. The van der Waals surface area contributed by atoms with E-state index in [-0.39, 0.29) is 23.9 Å². The van der Waals surface area contributed by atoms with E-state index in [0.717, 1.165) is 0 Å². The minimum atomic E-state index is -0.379. The summed E-state index contributed by atoms with van der Waals surface area (Å²) < 4.78 is 0. The number of aromatic amines is 1. The van der Waals surface area contributed by atoms with E-state index >= 15 is 0 Å². The third-order valence-electron chi connectivity index (χ3n) is 3.35. The SMILES string of the molecule is CCCN(CC(=O)Nc1ccc(Cl)cc1Cl)C(=O)c1ccc(=O)[nH]c1. The molecule has 0 saturated heterocycles. The molecule has 1 aromatic carbocycles. The Hall–Kier alpha value is -2.31. The van der Waals surface area contributed by atoms with Gasteiger partial charge >= 0.3 is 0 Å². The first-order valence-corrected chi connectivity index (χ1v) is 8.39. The lowest BCUT2D eigenvalue weighted by atomic mass is 10.2. The zero-order valence-corrected chi connectivity index (χ0v) is 15.0. The molecule has 1 heterocycles. The highest BCUT2D eigenvalue weighted by Crippen LogP contribution is 2.25. The fourth-order valence-electron chi connectivity index (χ4n) is 2.20. The summed E-state index contributed by atoms with van der Waals surface area (Å²) in [6.45, 7) is 2.17. The molecule has 0 radical (unpaired) electrons. The first-order chi connectivity index (χ1) is 11.9. The zero-order valence-electron chi connectivity index (χ0n) is 13.5. The summed E-state index contributed by atoms with van der Waals surface area (Å²) in [5.74, 6) is -0.717. The Balaban J connectivity index is 2.09. The van der Waals surface area contributed by atoms with Crippen LogP contribution in [0.25, 0.3) is 0 Å². The van der Waals surface area contributed by atoms with Gasteiger partial charge in [-0.15, -0.1) is 0 Å². The Morgan fingerprint density at radius 1 is 1.20 bits per heavy atom. The molecule has 0 spiro atoms. The molecule has 0 bridgehead atoms. The Kier molecular flexibility index (Phi) is 6.61. The lowest BCUT2D eigenvalue weighted by Gasteiger charge is -2.21. The van der Waals surface area contributed by atoms with Crippen LogP contribution in [0.15, 0.2) is 41.3 Å². The largest absolute Gasteiger partial charge is 0.329 e. The van der Waals surface area contributed by atoms with Crippen molar-refractivity contribution in [3.05, 3.63) is 62.5 Å². The highest BCUT2D eigenvalue weighted by molar-refractivity contribution is 6.36. The lowest BCUT2D eigenvalue weighted by molar-refractivity contribution is -0.116. The van der Waals surface area contributed by atoms with Crippen LogP contribution in [0.2, 0.25) is 10.0 Å². The van der Waals surface area contributed by atoms with Crippen molar-refractivity contribution >= 4 is 40.7 Å². The van der Waals surface area contributed by atoms with Crippen LogP contribution >= 0.6 is 23.2 Å². The molecule has 2 amide bonds. The van der Waals surface area contributed by atoms with E-state index in [1.165, 1.54) is 29.3 Å². The van der Waals surface area contributed by atoms with Crippen molar-refractivity contribution in [3.8, 4) is 0 Å².